The van der Waals surface area contributed by atoms with Crippen molar-refractivity contribution in [3.8, 4) is 0 Å². The molecule has 1 heterocycles. The Kier molecular flexibility index (Phi) is 5.77. The van der Waals surface area contributed by atoms with Gasteiger partial charge in [-0.05, 0) is 25.5 Å². The number of benzene rings is 1. The molecule has 1 atom stereocenters. The van der Waals surface area contributed by atoms with Crippen LogP contribution < -0.4 is 0 Å². The first-order chi connectivity index (χ1) is 10.6. The Morgan fingerprint density at radius 1 is 1.36 bits per heavy atom. The largest absolute Gasteiger partial charge is 0.480 e. The van der Waals surface area contributed by atoms with Crippen molar-refractivity contribution in [1.82, 2.24) is 9.80 Å². The molecule has 1 aliphatic heterocycles. The number of aliphatic carboxylic acids is 1. The molecular formula is C16H22N2O4. The first-order valence-electron chi connectivity index (χ1n) is 7.44. The molecule has 6 nitrogen and oxygen atoms in total. The summed E-state index contributed by atoms with van der Waals surface area (Å²) in [6.07, 6.45) is 1.42. The lowest BCUT2D eigenvalue weighted by molar-refractivity contribution is -0.138. The average molecular weight is 306 g/mol. The highest BCUT2D eigenvalue weighted by atomic mass is 16.6. The minimum absolute atomic E-state index is 0.0163. The number of hydrogen-bond acceptors (Lipinski definition) is 4. The van der Waals surface area contributed by atoms with Crippen molar-refractivity contribution in [3.63, 3.8) is 0 Å². The van der Waals surface area contributed by atoms with Crippen molar-refractivity contribution in [2.75, 3.05) is 26.7 Å². The number of carbonyl (C=O) groups excluding carboxylic acids is 1. The van der Waals surface area contributed by atoms with Gasteiger partial charge in [-0.2, -0.15) is 0 Å². The summed E-state index contributed by atoms with van der Waals surface area (Å²) < 4.78 is 5.33. The van der Waals surface area contributed by atoms with Crippen LogP contribution in [0.4, 0.5) is 4.79 Å². The zero-order valence-corrected chi connectivity index (χ0v) is 12.8. The van der Waals surface area contributed by atoms with E-state index in [0.717, 1.165) is 18.4 Å². The number of nitrogens with zero attached hydrogens (tertiary/aromatic N) is 2. The van der Waals surface area contributed by atoms with Crippen LogP contribution in [-0.2, 0) is 16.1 Å². The van der Waals surface area contributed by atoms with Gasteiger partial charge >= 0.3 is 12.1 Å². The van der Waals surface area contributed by atoms with Gasteiger partial charge in [-0.3, -0.25) is 9.69 Å². The SMILES string of the molecule is CN(CC(=O)O)C1CCCN(C(=O)OCc2ccccc2)C1. The molecule has 1 unspecified atom stereocenters. The van der Waals surface area contributed by atoms with Crippen LogP contribution in [0, 0.1) is 0 Å². The summed E-state index contributed by atoms with van der Waals surface area (Å²) in [5.74, 6) is -0.855. The molecule has 1 aliphatic rings. The Morgan fingerprint density at radius 2 is 2.09 bits per heavy atom. The third-order valence-electron chi connectivity index (χ3n) is 3.87. The van der Waals surface area contributed by atoms with Crippen molar-refractivity contribution < 1.29 is 19.4 Å². The smallest absolute Gasteiger partial charge is 0.410 e. The quantitative estimate of drug-likeness (QED) is 0.898. The number of rotatable bonds is 5. The molecule has 0 aliphatic carbocycles. The fourth-order valence-electron chi connectivity index (χ4n) is 2.63. The maximum Gasteiger partial charge on any atom is 0.410 e. The molecule has 0 aromatic heterocycles. The molecule has 1 fully saturated rings. The molecule has 0 spiro atoms. The fraction of sp³-hybridized carbons (Fsp3) is 0.500. The first kappa shape index (κ1) is 16.3. The molecule has 0 bridgehead atoms. The Bertz CT molecular complexity index is 506. The first-order valence-corrected chi connectivity index (χ1v) is 7.44. The predicted octanol–water partition coefficient (Wildman–Crippen LogP) is 1.80. The van der Waals surface area contributed by atoms with Gasteiger partial charge in [-0.1, -0.05) is 30.3 Å². The molecule has 1 aromatic rings. The third kappa shape index (κ3) is 4.73. The second kappa shape index (κ2) is 7.79. The Labute approximate surface area is 130 Å². The van der Waals surface area contributed by atoms with Crippen LogP contribution in [0.15, 0.2) is 30.3 Å². The Balaban J connectivity index is 1.83. The summed E-state index contributed by atoms with van der Waals surface area (Å²) in [6, 6.07) is 9.61. The van der Waals surface area contributed by atoms with Crippen molar-refractivity contribution in [2.45, 2.75) is 25.5 Å². The van der Waals surface area contributed by atoms with E-state index in [1.807, 2.05) is 30.3 Å². The number of likely N-dealkylation sites (N-methyl/N-ethyl adjacent to an activating group) is 1. The molecule has 1 saturated heterocycles. The van der Waals surface area contributed by atoms with Gasteiger partial charge in [0.25, 0.3) is 0 Å². The van der Waals surface area contributed by atoms with Crippen LogP contribution in [0.5, 0.6) is 0 Å². The van der Waals surface area contributed by atoms with E-state index >= 15 is 0 Å². The fourth-order valence-corrected chi connectivity index (χ4v) is 2.63. The van der Waals surface area contributed by atoms with Gasteiger partial charge < -0.3 is 14.7 Å². The standard InChI is InChI=1S/C16H22N2O4/c1-17(11-15(19)20)14-8-5-9-18(10-14)16(21)22-12-13-6-3-2-4-7-13/h2-4,6-7,14H,5,8-12H2,1H3,(H,19,20). The highest BCUT2D eigenvalue weighted by Crippen LogP contribution is 2.16. The van der Waals surface area contributed by atoms with E-state index in [1.54, 1.807) is 16.8 Å². The number of piperidine rings is 1. The molecule has 1 aromatic carbocycles. The molecule has 1 N–H and O–H groups in total. The minimum Gasteiger partial charge on any atom is -0.480 e. The monoisotopic (exact) mass is 306 g/mol. The van der Waals surface area contributed by atoms with Gasteiger partial charge in [0.2, 0.25) is 0 Å². The summed E-state index contributed by atoms with van der Waals surface area (Å²) in [6.45, 7) is 1.41. The number of carboxylic acid groups (broad SMARTS) is 1. The highest BCUT2D eigenvalue weighted by Gasteiger charge is 2.27. The van der Waals surface area contributed by atoms with E-state index < -0.39 is 5.97 Å². The zero-order valence-electron chi connectivity index (χ0n) is 12.8. The molecule has 0 radical (unpaired) electrons. The Morgan fingerprint density at radius 3 is 2.77 bits per heavy atom. The van der Waals surface area contributed by atoms with Crippen LogP contribution in [0.25, 0.3) is 0 Å². The van der Waals surface area contributed by atoms with E-state index in [-0.39, 0.29) is 25.3 Å². The van der Waals surface area contributed by atoms with Crippen LogP contribution in [0.2, 0.25) is 0 Å². The second-order valence-electron chi connectivity index (χ2n) is 5.59. The number of amides is 1. The van der Waals surface area contributed by atoms with Crippen molar-refractivity contribution in [3.05, 3.63) is 35.9 Å². The molecule has 120 valence electrons. The summed E-state index contributed by atoms with van der Waals surface area (Å²) in [5.41, 5.74) is 0.951. The summed E-state index contributed by atoms with van der Waals surface area (Å²) in [5, 5.41) is 8.85. The number of hydrogen-bond donors (Lipinski definition) is 1. The van der Waals surface area contributed by atoms with E-state index in [0.29, 0.717) is 13.1 Å². The van der Waals surface area contributed by atoms with E-state index in [1.165, 1.54) is 0 Å². The Hall–Kier alpha value is -2.08. The number of carbonyl (C=O) groups is 2. The maximum atomic E-state index is 12.1. The van der Waals surface area contributed by atoms with Gasteiger partial charge in [0.15, 0.2) is 0 Å². The normalized spacial score (nSPS) is 18.3. The van der Waals surface area contributed by atoms with Crippen molar-refractivity contribution in [1.29, 1.82) is 0 Å². The number of ether oxygens (including phenoxy) is 1. The maximum absolute atomic E-state index is 12.1. The van der Waals surface area contributed by atoms with Crippen LogP contribution >= 0.6 is 0 Å². The van der Waals surface area contributed by atoms with Crippen LogP contribution in [0.3, 0.4) is 0 Å². The molecule has 0 saturated carbocycles. The number of likely N-dealkylation sites (tertiary alicyclic amines) is 1. The summed E-state index contributed by atoms with van der Waals surface area (Å²) in [4.78, 5) is 26.3. The molecule has 1 amide bonds. The zero-order chi connectivity index (χ0) is 15.9. The second-order valence-corrected chi connectivity index (χ2v) is 5.59. The van der Waals surface area contributed by atoms with E-state index in [9.17, 15) is 9.59 Å². The molecule has 6 heteroatoms. The lowest BCUT2D eigenvalue weighted by Gasteiger charge is -2.36. The number of carboxylic acids is 1. The van der Waals surface area contributed by atoms with Crippen molar-refractivity contribution >= 4 is 12.1 Å². The average Bonchev–Trinajstić information content (AvgIpc) is 2.53. The summed E-state index contributed by atoms with van der Waals surface area (Å²) >= 11 is 0. The van der Waals surface area contributed by atoms with Gasteiger partial charge in [-0.25, -0.2) is 4.79 Å². The lowest BCUT2D eigenvalue weighted by atomic mass is 10.1. The predicted molar refractivity (Wildman–Crippen MR) is 81.5 cm³/mol. The third-order valence-corrected chi connectivity index (χ3v) is 3.87. The van der Waals surface area contributed by atoms with E-state index in [4.69, 9.17) is 9.84 Å². The van der Waals surface area contributed by atoms with Gasteiger partial charge in [0, 0.05) is 19.1 Å². The minimum atomic E-state index is -0.855. The lowest BCUT2D eigenvalue weighted by Crippen LogP contribution is -2.49. The van der Waals surface area contributed by atoms with Gasteiger partial charge in [-0.15, -0.1) is 0 Å². The van der Waals surface area contributed by atoms with Crippen molar-refractivity contribution in [2.24, 2.45) is 0 Å². The molecular weight excluding hydrogens is 284 g/mol. The van der Waals surface area contributed by atoms with Crippen LogP contribution in [0.1, 0.15) is 18.4 Å². The summed E-state index contributed by atoms with van der Waals surface area (Å²) in [7, 11) is 1.78. The topological polar surface area (TPSA) is 70.1 Å². The van der Waals surface area contributed by atoms with E-state index in [2.05, 4.69) is 0 Å². The molecule has 2 rings (SSSR count). The highest BCUT2D eigenvalue weighted by molar-refractivity contribution is 5.69. The van der Waals surface area contributed by atoms with Gasteiger partial charge in [0.1, 0.15) is 6.61 Å². The van der Waals surface area contributed by atoms with Crippen LogP contribution in [-0.4, -0.2) is 59.7 Å². The van der Waals surface area contributed by atoms with Gasteiger partial charge in [0.05, 0.1) is 6.54 Å². The molecule has 22 heavy (non-hydrogen) atoms.